The van der Waals surface area contributed by atoms with E-state index in [-0.39, 0.29) is 17.6 Å². The van der Waals surface area contributed by atoms with Gasteiger partial charge in [0, 0.05) is 35.8 Å². The Kier molecular flexibility index (Phi) is 5.17. The minimum atomic E-state index is -0.586. The number of nitrogens with two attached hydrogens (primary N) is 1. The molecule has 7 nitrogen and oxygen atoms in total. The zero-order valence-electron chi connectivity index (χ0n) is 17.0. The van der Waals surface area contributed by atoms with Gasteiger partial charge in [-0.05, 0) is 48.2 Å². The van der Waals surface area contributed by atoms with Crippen LogP contribution in [0.4, 0.5) is 10.1 Å². The summed E-state index contributed by atoms with van der Waals surface area (Å²) in [6, 6.07) is 10.1. The molecule has 32 heavy (non-hydrogen) atoms. The van der Waals surface area contributed by atoms with Crippen LogP contribution in [0.15, 0.2) is 48.9 Å². The molecule has 1 saturated heterocycles. The fourth-order valence-corrected chi connectivity index (χ4v) is 5.14. The lowest BCUT2D eigenvalue weighted by atomic mass is 10.0. The Morgan fingerprint density at radius 1 is 1.25 bits per heavy atom. The number of likely N-dealkylation sites (tertiary alicyclic amines) is 1. The van der Waals surface area contributed by atoms with Gasteiger partial charge >= 0.3 is 0 Å². The normalized spacial score (nSPS) is 16.3. The lowest BCUT2D eigenvalue weighted by Gasteiger charge is -2.30. The second kappa shape index (κ2) is 8.15. The van der Waals surface area contributed by atoms with Gasteiger partial charge in [0.1, 0.15) is 12.1 Å². The van der Waals surface area contributed by atoms with Gasteiger partial charge in [0.15, 0.2) is 5.65 Å². The molecule has 5 rings (SSSR count). The fraction of sp³-hybridized carbons (Fsp3) is 0.217. The SMILES string of the molecule is [C-]#[N+]c1ccc(-c2cc(C(=O)N3CCC[C@@H](N)C3)sc2-c2ccn3cnnc3c2)cc1F. The Labute approximate surface area is 187 Å². The molecule has 3 aromatic heterocycles. The van der Waals surface area contributed by atoms with E-state index in [0.29, 0.717) is 29.2 Å². The third kappa shape index (κ3) is 3.64. The molecule has 0 bridgehead atoms. The second-order valence-corrected chi connectivity index (χ2v) is 8.85. The average Bonchev–Trinajstić information content (AvgIpc) is 3.45. The number of carbonyl (C=O) groups is 1. The molecule has 9 heteroatoms. The van der Waals surface area contributed by atoms with E-state index in [1.54, 1.807) is 21.7 Å². The van der Waals surface area contributed by atoms with Crippen LogP contribution < -0.4 is 5.73 Å². The van der Waals surface area contributed by atoms with Gasteiger partial charge in [0.05, 0.1) is 11.4 Å². The fourth-order valence-electron chi connectivity index (χ4n) is 4.00. The summed E-state index contributed by atoms with van der Waals surface area (Å²) in [6.45, 7) is 8.30. The zero-order valence-corrected chi connectivity index (χ0v) is 17.8. The maximum absolute atomic E-state index is 14.4. The van der Waals surface area contributed by atoms with Gasteiger partial charge in [0.25, 0.3) is 5.91 Å². The number of hydrogen-bond acceptors (Lipinski definition) is 5. The van der Waals surface area contributed by atoms with Crippen LogP contribution in [0.3, 0.4) is 0 Å². The number of fused-ring (bicyclic) bond motifs is 1. The largest absolute Gasteiger partial charge is 0.336 e. The molecule has 1 fully saturated rings. The number of benzene rings is 1. The number of piperidine rings is 1. The van der Waals surface area contributed by atoms with Crippen LogP contribution in [0.1, 0.15) is 22.5 Å². The van der Waals surface area contributed by atoms with E-state index >= 15 is 0 Å². The van der Waals surface area contributed by atoms with E-state index in [0.717, 1.165) is 28.8 Å². The number of pyridine rings is 1. The zero-order chi connectivity index (χ0) is 22.2. The number of aromatic nitrogens is 3. The van der Waals surface area contributed by atoms with E-state index in [4.69, 9.17) is 12.3 Å². The van der Waals surface area contributed by atoms with Crippen LogP contribution in [0.2, 0.25) is 0 Å². The third-order valence-corrected chi connectivity index (χ3v) is 6.80. The Morgan fingerprint density at radius 3 is 2.91 bits per heavy atom. The maximum Gasteiger partial charge on any atom is 0.264 e. The molecule has 160 valence electrons. The van der Waals surface area contributed by atoms with Gasteiger partial charge in [-0.2, -0.15) is 0 Å². The first-order chi connectivity index (χ1) is 15.5. The van der Waals surface area contributed by atoms with Gasteiger partial charge in [-0.15, -0.1) is 21.5 Å². The highest BCUT2D eigenvalue weighted by molar-refractivity contribution is 7.18. The van der Waals surface area contributed by atoms with Crippen LogP contribution in [-0.4, -0.2) is 44.5 Å². The third-order valence-electron chi connectivity index (χ3n) is 5.63. The lowest BCUT2D eigenvalue weighted by Crippen LogP contribution is -2.45. The van der Waals surface area contributed by atoms with E-state index in [2.05, 4.69) is 15.0 Å². The summed E-state index contributed by atoms with van der Waals surface area (Å²) in [6.07, 6.45) is 5.25. The predicted molar refractivity (Wildman–Crippen MR) is 121 cm³/mol. The van der Waals surface area contributed by atoms with Crippen molar-refractivity contribution in [2.24, 2.45) is 5.73 Å². The van der Waals surface area contributed by atoms with Crippen molar-refractivity contribution in [2.45, 2.75) is 18.9 Å². The number of halogens is 1. The quantitative estimate of drug-likeness (QED) is 0.474. The Morgan fingerprint density at radius 2 is 2.12 bits per heavy atom. The summed E-state index contributed by atoms with van der Waals surface area (Å²) in [4.78, 5) is 19.6. The Hall–Kier alpha value is -3.61. The summed E-state index contributed by atoms with van der Waals surface area (Å²) in [7, 11) is 0. The summed E-state index contributed by atoms with van der Waals surface area (Å²) in [5, 5.41) is 8.02. The molecule has 1 aromatic carbocycles. The maximum atomic E-state index is 14.4. The lowest BCUT2D eigenvalue weighted by molar-refractivity contribution is 0.0714. The van der Waals surface area contributed by atoms with Crippen LogP contribution >= 0.6 is 11.3 Å². The molecule has 1 aliphatic rings. The number of carbonyl (C=O) groups excluding carboxylic acids is 1. The number of hydrogen-bond donors (Lipinski definition) is 1. The number of thiophene rings is 1. The molecule has 0 unspecified atom stereocenters. The van der Waals surface area contributed by atoms with Crippen molar-refractivity contribution < 1.29 is 9.18 Å². The molecule has 1 amide bonds. The molecule has 4 aromatic rings. The summed E-state index contributed by atoms with van der Waals surface area (Å²) < 4.78 is 16.2. The van der Waals surface area contributed by atoms with Crippen molar-refractivity contribution in [3.63, 3.8) is 0 Å². The standard InChI is InChI=1S/C23H19FN6OS/c1-26-19-5-4-14(9-18(19)24)17-11-20(23(31)29-7-2-3-16(25)12-29)32-22(17)15-6-8-30-13-27-28-21(30)10-15/h4-6,8-11,13,16H,2-3,7,12,25H2/t16-/m1/s1. The van der Waals surface area contributed by atoms with Gasteiger partial charge < -0.3 is 10.6 Å². The highest BCUT2D eigenvalue weighted by atomic mass is 32.1. The Balaban J connectivity index is 1.62. The molecule has 0 saturated carbocycles. The monoisotopic (exact) mass is 446 g/mol. The van der Waals surface area contributed by atoms with Gasteiger partial charge in [-0.3, -0.25) is 9.20 Å². The van der Waals surface area contributed by atoms with Gasteiger partial charge in [-0.25, -0.2) is 9.24 Å². The predicted octanol–water partition coefficient (Wildman–Crippen LogP) is 4.38. The van der Waals surface area contributed by atoms with Crippen LogP contribution in [0.25, 0.3) is 32.1 Å². The minimum absolute atomic E-state index is 0.0165. The van der Waals surface area contributed by atoms with Crippen LogP contribution in [-0.2, 0) is 0 Å². The van der Waals surface area contributed by atoms with Crippen LogP contribution in [0.5, 0.6) is 0 Å². The number of nitrogens with zero attached hydrogens (tertiary/aromatic N) is 5. The van der Waals surface area contributed by atoms with Crippen molar-refractivity contribution >= 4 is 28.6 Å². The van der Waals surface area contributed by atoms with Crippen molar-refractivity contribution in [1.82, 2.24) is 19.5 Å². The molecule has 1 aliphatic heterocycles. The first kappa shape index (κ1) is 20.3. The molecule has 1 atom stereocenters. The average molecular weight is 447 g/mol. The van der Waals surface area contributed by atoms with Crippen molar-refractivity contribution in [3.05, 3.63) is 71.0 Å². The summed E-state index contributed by atoms with van der Waals surface area (Å²) in [5.74, 6) is -0.656. The van der Waals surface area contributed by atoms with E-state index in [1.165, 1.54) is 23.5 Å². The molecule has 4 heterocycles. The molecule has 0 spiro atoms. The smallest absolute Gasteiger partial charge is 0.264 e. The first-order valence-electron chi connectivity index (χ1n) is 10.2. The second-order valence-electron chi connectivity index (χ2n) is 7.80. The minimum Gasteiger partial charge on any atom is -0.336 e. The van der Waals surface area contributed by atoms with E-state index in [1.807, 2.05) is 24.4 Å². The molecule has 2 N–H and O–H groups in total. The summed E-state index contributed by atoms with van der Waals surface area (Å²) >= 11 is 1.36. The first-order valence-corrected chi connectivity index (χ1v) is 11.0. The molecule has 0 aliphatic carbocycles. The highest BCUT2D eigenvalue weighted by Crippen LogP contribution is 2.41. The topological polar surface area (TPSA) is 80.9 Å². The summed E-state index contributed by atoms with van der Waals surface area (Å²) in [5.41, 5.74) is 8.91. The highest BCUT2D eigenvalue weighted by Gasteiger charge is 2.26. The van der Waals surface area contributed by atoms with Crippen molar-refractivity contribution in [1.29, 1.82) is 0 Å². The van der Waals surface area contributed by atoms with E-state index in [9.17, 15) is 9.18 Å². The number of amides is 1. The van der Waals surface area contributed by atoms with Gasteiger partial charge in [0.2, 0.25) is 5.69 Å². The molecular formula is C23H19FN6OS. The Bertz CT molecular complexity index is 1370. The van der Waals surface area contributed by atoms with Crippen molar-refractivity contribution in [3.8, 4) is 21.6 Å². The van der Waals surface area contributed by atoms with Crippen molar-refractivity contribution in [2.75, 3.05) is 13.1 Å². The van der Waals surface area contributed by atoms with E-state index < -0.39 is 5.82 Å². The van der Waals surface area contributed by atoms with Crippen LogP contribution in [0, 0.1) is 12.4 Å². The molecular weight excluding hydrogens is 427 g/mol. The molecule has 0 radical (unpaired) electrons. The van der Waals surface area contributed by atoms with Gasteiger partial charge in [-0.1, -0.05) is 12.1 Å². The number of rotatable bonds is 3.